The Hall–Kier alpha value is -2.53. The predicted octanol–water partition coefficient (Wildman–Crippen LogP) is 3.76. The van der Waals surface area contributed by atoms with Gasteiger partial charge in [0.05, 0.1) is 18.8 Å². The third-order valence-electron chi connectivity index (χ3n) is 2.64. The number of ether oxygens (including phenoxy) is 1. The first-order valence-corrected chi connectivity index (χ1v) is 5.65. The zero-order valence-corrected chi connectivity index (χ0v) is 10.1. The van der Waals surface area contributed by atoms with Crippen LogP contribution in [0.2, 0.25) is 0 Å². The average molecular weight is 235 g/mol. The van der Waals surface area contributed by atoms with E-state index in [1.807, 2.05) is 60.7 Å². The quantitative estimate of drug-likeness (QED) is 0.599. The van der Waals surface area contributed by atoms with E-state index in [0.29, 0.717) is 5.57 Å². The number of para-hydroxylation sites is 1. The lowest BCUT2D eigenvalue weighted by Crippen LogP contribution is -1.87. The molecule has 2 rings (SSSR count). The SMILES string of the molecule is COc1ccccc1/C=C(/C#N)c1ccccc1. The van der Waals surface area contributed by atoms with Gasteiger partial charge in [-0.15, -0.1) is 0 Å². The van der Waals surface area contributed by atoms with Gasteiger partial charge in [0.2, 0.25) is 0 Å². The second kappa shape index (κ2) is 5.70. The summed E-state index contributed by atoms with van der Waals surface area (Å²) in [6.45, 7) is 0. The maximum Gasteiger partial charge on any atom is 0.126 e. The Morgan fingerprint density at radius 1 is 1.06 bits per heavy atom. The molecule has 2 heteroatoms. The molecule has 0 spiro atoms. The second-order valence-corrected chi connectivity index (χ2v) is 3.78. The van der Waals surface area contributed by atoms with Crippen molar-refractivity contribution in [1.29, 1.82) is 5.26 Å². The summed E-state index contributed by atoms with van der Waals surface area (Å²) in [6.07, 6.45) is 1.84. The van der Waals surface area contributed by atoms with Crippen LogP contribution in [0.3, 0.4) is 0 Å². The van der Waals surface area contributed by atoms with Gasteiger partial charge in [0, 0.05) is 5.56 Å². The van der Waals surface area contributed by atoms with Gasteiger partial charge in [-0.2, -0.15) is 5.26 Å². The topological polar surface area (TPSA) is 33.0 Å². The largest absolute Gasteiger partial charge is 0.496 e. The van der Waals surface area contributed by atoms with E-state index in [1.165, 1.54) is 0 Å². The highest BCUT2D eigenvalue weighted by Crippen LogP contribution is 2.23. The van der Waals surface area contributed by atoms with Crippen molar-refractivity contribution in [2.75, 3.05) is 7.11 Å². The second-order valence-electron chi connectivity index (χ2n) is 3.78. The van der Waals surface area contributed by atoms with E-state index in [0.717, 1.165) is 16.9 Å². The first-order chi connectivity index (χ1) is 8.85. The number of hydrogen-bond acceptors (Lipinski definition) is 2. The van der Waals surface area contributed by atoms with Crippen LogP contribution in [0.25, 0.3) is 11.6 Å². The minimum absolute atomic E-state index is 0.625. The number of benzene rings is 2. The van der Waals surface area contributed by atoms with Gasteiger partial charge in [0.15, 0.2) is 0 Å². The van der Waals surface area contributed by atoms with Crippen LogP contribution in [-0.4, -0.2) is 7.11 Å². The molecule has 0 aliphatic rings. The highest BCUT2D eigenvalue weighted by molar-refractivity contribution is 5.90. The molecule has 0 fully saturated rings. The lowest BCUT2D eigenvalue weighted by molar-refractivity contribution is 0.414. The van der Waals surface area contributed by atoms with Crippen LogP contribution in [0.1, 0.15) is 11.1 Å². The zero-order chi connectivity index (χ0) is 12.8. The molecule has 0 unspecified atom stereocenters. The minimum atomic E-state index is 0.625. The van der Waals surface area contributed by atoms with Gasteiger partial charge in [0.25, 0.3) is 0 Å². The highest BCUT2D eigenvalue weighted by Gasteiger charge is 2.03. The summed E-state index contributed by atoms with van der Waals surface area (Å²) < 4.78 is 5.27. The molecule has 0 aromatic heterocycles. The average Bonchev–Trinajstić information content (AvgIpc) is 2.46. The van der Waals surface area contributed by atoms with Gasteiger partial charge in [-0.25, -0.2) is 0 Å². The van der Waals surface area contributed by atoms with Crippen molar-refractivity contribution >= 4 is 11.6 Å². The number of nitrogens with zero attached hydrogens (tertiary/aromatic N) is 1. The van der Waals surface area contributed by atoms with E-state index in [2.05, 4.69) is 6.07 Å². The Kier molecular flexibility index (Phi) is 3.78. The maximum absolute atomic E-state index is 9.25. The number of nitriles is 1. The van der Waals surface area contributed by atoms with Crippen molar-refractivity contribution in [2.45, 2.75) is 0 Å². The molecule has 0 radical (unpaired) electrons. The summed E-state index contributed by atoms with van der Waals surface area (Å²) in [4.78, 5) is 0. The molecular formula is C16H13NO. The van der Waals surface area contributed by atoms with Gasteiger partial charge >= 0.3 is 0 Å². The van der Waals surface area contributed by atoms with Crippen molar-refractivity contribution in [3.05, 3.63) is 65.7 Å². The molecule has 0 N–H and O–H groups in total. The van der Waals surface area contributed by atoms with Gasteiger partial charge < -0.3 is 4.74 Å². The molecule has 2 aromatic rings. The summed E-state index contributed by atoms with van der Waals surface area (Å²) in [5.74, 6) is 0.765. The molecule has 2 aromatic carbocycles. The van der Waals surface area contributed by atoms with Crippen LogP contribution in [0.15, 0.2) is 54.6 Å². The van der Waals surface area contributed by atoms with E-state index in [-0.39, 0.29) is 0 Å². The molecule has 0 aliphatic carbocycles. The van der Waals surface area contributed by atoms with Crippen molar-refractivity contribution in [2.24, 2.45) is 0 Å². The van der Waals surface area contributed by atoms with E-state index in [4.69, 9.17) is 4.74 Å². The summed E-state index contributed by atoms with van der Waals surface area (Å²) >= 11 is 0. The molecule has 0 atom stereocenters. The van der Waals surface area contributed by atoms with E-state index in [1.54, 1.807) is 7.11 Å². The first-order valence-electron chi connectivity index (χ1n) is 5.65. The molecule has 0 aliphatic heterocycles. The fraction of sp³-hybridized carbons (Fsp3) is 0.0625. The Labute approximate surface area is 107 Å². The van der Waals surface area contributed by atoms with Crippen LogP contribution in [0, 0.1) is 11.3 Å². The Morgan fingerprint density at radius 3 is 2.39 bits per heavy atom. The first kappa shape index (κ1) is 11.9. The van der Waals surface area contributed by atoms with Crippen molar-refractivity contribution in [3.63, 3.8) is 0 Å². The fourth-order valence-corrected chi connectivity index (χ4v) is 1.74. The van der Waals surface area contributed by atoms with Crippen LogP contribution in [0.5, 0.6) is 5.75 Å². The summed E-state index contributed by atoms with van der Waals surface area (Å²) in [5, 5.41) is 9.25. The molecule has 0 saturated heterocycles. The maximum atomic E-state index is 9.25. The molecular weight excluding hydrogens is 222 g/mol. The van der Waals surface area contributed by atoms with Gasteiger partial charge in [0.1, 0.15) is 5.75 Å². The minimum Gasteiger partial charge on any atom is -0.496 e. The third kappa shape index (κ3) is 2.58. The Morgan fingerprint density at radius 2 is 1.72 bits per heavy atom. The van der Waals surface area contributed by atoms with Gasteiger partial charge in [-0.3, -0.25) is 0 Å². The molecule has 0 bridgehead atoms. The predicted molar refractivity (Wildman–Crippen MR) is 72.9 cm³/mol. The van der Waals surface area contributed by atoms with Crippen molar-refractivity contribution < 1.29 is 4.74 Å². The Bertz CT molecular complexity index is 594. The van der Waals surface area contributed by atoms with Gasteiger partial charge in [-0.1, -0.05) is 48.5 Å². The van der Waals surface area contributed by atoms with Crippen molar-refractivity contribution in [1.82, 2.24) is 0 Å². The number of allylic oxidation sites excluding steroid dienone is 1. The molecule has 18 heavy (non-hydrogen) atoms. The van der Waals surface area contributed by atoms with Crippen LogP contribution >= 0.6 is 0 Å². The normalized spacial score (nSPS) is 10.8. The molecule has 0 amide bonds. The highest BCUT2D eigenvalue weighted by atomic mass is 16.5. The number of hydrogen-bond donors (Lipinski definition) is 0. The van der Waals surface area contributed by atoms with Crippen LogP contribution in [0.4, 0.5) is 0 Å². The number of rotatable bonds is 3. The van der Waals surface area contributed by atoms with Crippen LogP contribution in [-0.2, 0) is 0 Å². The summed E-state index contributed by atoms with van der Waals surface area (Å²) in [6, 6.07) is 19.5. The van der Waals surface area contributed by atoms with E-state index < -0.39 is 0 Å². The molecule has 2 nitrogen and oxygen atoms in total. The van der Waals surface area contributed by atoms with E-state index in [9.17, 15) is 5.26 Å². The van der Waals surface area contributed by atoms with Crippen molar-refractivity contribution in [3.8, 4) is 11.8 Å². The molecule has 0 saturated carbocycles. The smallest absolute Gasteiger partial charge is 0.126 e. The summed E-state index contributed by atoms with van der Waals surface area (Å²) in [7, 11) is 1.63. The Balaban J connectivity index is 2.45. The zero-order valence-electron chi connectivity index (χ0n) is 10.1. The molecule has 88 valence electrons. The van der Waals surface area contributed by atoms with Crippen LogP contribution < -0.4 is 4.74 Å². The lowest BCUT2D eigenvalue weighted by Gasteiger charge is -2.05. The monoisotopic (exact) mass is 235 g/mol. The summed E-state index contributed by atoms with van der Waals surface area (Å²) in [5.41, 5.74) is 2.44. The standard InChI is InChI=1S/C16H13NO/c1-18-16-10-6-5-9-14(16)11-15(12-17)13-7-3-2-4-8-13/h2-11H,1H3/b15-11-. The van der Waals surface area contributed by atoms with E-state index >= 15 is 0 Å². The van der Waals surface area contributed by atoms with Gasteiger partial charge in [-0.05, 0) is 17.7 Å². The molecule has 0 heterocycles. The number of methoxy groups -OCH3 is 1. The third-order valence-corrected chi connectivity index (χ3v) is 2.64. The lowest BCUT2D eigenvalue weighted by atomic mass is 10.0. The fourth-order valence-electron chi connectivity index (χ4n) is 1.74.